The number of pyridine rings is 1. The summed E-state index contributed by atoms with van der Waals surface area (Å²) in [4.78, 5) is 10.1. The van der Waals surface area contributed by atoms with E-state index in [0.717, 1.165) is 55.6 Å². The summed E-state index contributed by atoms with van der Waals surface area (Å²) < 4.78 is 9.47. The molecule has 0 amide bonds. The van der Waals surface area contributed by atoms with Crippen molar-refractivity contribution in [3.05, 3.63) is 192 Å². The summed E-state index contributed by atoms with van der Waals surface area (Å²) >= 11 is 0. The van der Waals surface area contributed by atoms with Crippen molar-refractivity contribution in [2.75, 3.05) is 0 Å². The van der Waals surface area contributed by atoms with E-state index in [-0.39, 0.29) is 30.9 Å². The minimum Gasteiger partial charge on any atom is -0.501 e. The van der Waals surface area contributed by atoms with Gasteiger partial charge in [0.1, 0.15) is 5.58 Å². The van der Waals surface area contributed by atoms with Crippen molar-refractivity contribution in [2.24, 2.45) is 0 Å². The molecule has 0 spiro atoms. The van der Waals surface area contributed by atoms with Crippen molar-refractivity contribution in [3.8, 4) is 39.5 Å². The van der Waals surface area contributed by atoms with Gasteiger partial charge in [0.2, 0.25) is 0 Å². The molecule has 0 aliphatic carbocycles. The van der Waals surface area contributed by atoms with Crippen LogP contribution in [0.4, 0.5) is 0 Å². The summed E-state index contributed by atoms with van der Waals surface area (Å²) in [6.07, 6.45) is 1.95. The number of furan rings is 1. The molecule has 371 valence electrons. The van der Waals surface area contributed by atoms with E-state index in [9.17, 15) is 0 Å². The molecule has 0 saturated carbocycles. The van der Waals surface area contributed by atoms with Crippen LogP contribution in [0.15, 0.2) is 162 Å². The average molecular weight is 1150 g/mol. The van der Waals surface area contributed by atoms with Crippen LogP contribution in [0.25, 0.3) is 94.0 Å². The van der Waals surface area contributed by atoms with Crippen LogP contribution in [0, 0.1) is 12.1 Å². The zero-order valence-electron chi connectivity index (χ0n) is 44.7. The number of rotatable bonds is 7. The monoisotopic (exact) mass is 1150 g/mol. The van der Waals surface area contributed by atoms with Gasteiger partial charge in [-0.05, 0) is 108 Å². The summed E-state index contributed by atoms with van der Waals surface area (Å²) in [5.41, 5.74) is 15.6. The number of aromatic nitrogens is 3. The summed E-state index contributed by atoms with van der Waals surface area (Å²) in [6.45, 7) is 30.3. The first-order valence-electron chi connectivity index (χ1n) is 25.7. The van der Waals surface area contributed by atoms with E-state index in [0.29, 0.717) is 11.8 Å². The third-order valence-corrected chi connectivity index (χ3v) is 16.3. The number of imidazole rings is 1. The summed E-state index contributed by atoms with van der Waals surface area (Å²) in [6, 6.07) is 61.3. The summed E-state index contributed by atoms with van der Waals surface area (Å²) in [7, 11) is -1.65. The van der Waals surface area contributed by atoms with Crippen molar-refractivity contribution in [3.63, 3.8) is 0 Å². The number of hydrogen-bond acceptors (Lipinski definition) is 3. The Labute approximate surface area is 447 Å². The van der Waals surface area contributed by atoms with Crippen molar-refractivity contribution in [1.29, 1.82) is 0 Å². The molecule has 0 unspecified atom stereocenters. The molecule has 6 heteroatoms. The molecule has 3 aromatic heterocycles. The van der Waals surface area contributed by atoms with Crippen LogP contribution in [0.5, 0.6) is 0 Å². The second kappa shape index (κ2) is 19.8. The number of fused-ring (bicyclic) bond motifs is 7. The van der Waals surface area contributed by atoms with E-state index in [1.807, 2.05) is 30.5 Å². The first-order valence-corrected chi connectivity index (χ1v) is 29.2. The van der Waals surface area contributed by atoms with E-state index in [1.165, 1.54) is 65.8 Å². The fraction of sp³-hybridized carbons (Fsp3) is 0.254. The van der Waals surface area contributed by atoms with Gasteiger partial charge in [0.25, 0.3) is 0 Å². The Morgan fingerprint density at radius 1 is 0.603 bits per heavy atom. The molecule has 1 radical (unpaired) electrons. The number of benzene rings is 8. The zero-order chi connectivity index (χ0) is 50.9. The van der Waals surface area contributed by atoms with Gasteiger partial charge in [-0.25, -0.2) is 0 Å². The molecule has 0 aliphatic rings. The van der Waals surface area contributed by atoms with Gasteiger partial charge in [-0.3, -0.25) is 4.98 Å². The standard InChI is InChI=1S/C52H51N2OSi.C15H16N.Ir/c1-31(2)40-26-36(56(8,9)10)27-41(32(3)4)49(40)54-47-30-45(52(5,6)7)43(33-17-12-11-13-18-33)28-46(47)53-51(54)39-22-16-21-38-44-25-35-24-23-34-19-14-15-20-37(34)42(35)29-48(44)55-50(38)39;1-15(2,3)13-9-10-14(16-11-13)12-7-5-4-6-8-12;/h11-21,23-32H,1-10H3;4-7,9-11H,1-3H3;/q2*-1;. The van der Waals surface area contributed by atoms with E-state index in [1.54, 1.807) is 0 Å². The Morgan fingerprint density at radius 3 is 1.92 bits per heavy atom. The normalized spacial score (nSPS) is 12.3. The molecule has 0 N–H and O–H groups in total. The third-order valence-electron chi connectivity index (χ3n) is 14.3. The minimum absolute atomic E-state index is 0. The van der Waals surface area contributed by atoms with Crippen LogP contribution in [-0.2, 0) is 30.9 Å². The second-order valence-electron chi connectivity index (χ2n) is 23.3. The molecule has 0 aliphatic heterocycles. The molecule has 11 rings (SSSR count). The Balaban J connectivity index is 0.000000329. The van der Waals surface area contributed by atoms with E-state index in [4.69, 9.17) is 9.40 Å². The van der Waals surface area contributed by atoms with E-state index >= 15 is 0 Å². The van der Waals surface area contributed by atoms with Crippen LogP contribution in [-0.4, -0.2) is 22.6 Å². The van der Waals surface area contributed by atoms with Crippen molar-refractivity contribution < 1.29 is 24.5 Å². The van der Waals surface area contributed by atoms with Gasteiger partial charge in [0.05, 0.1) is 30.5 Å². The Morgan fingerprint density at radius 2 is 1.29 bits per heavy atom. The van der Waals surface area contributed by atoms with Gasteiger partial charge in [-0.15, -0.1) is 54.1 Å². The predicted molar refractivity (Wildman–Crippen MR) is 310 cm³/mol. The van der Waals surface area contributed by atoms with Crippen molar-refractivity contribution in [2.45, 2.75) is 112 Å². The topological polar surface area (TPSA) is 43.9 Å². The zero-order valence-corrected chi connectivity index (χ0v) is 48.1. The third kappa shape index (κ3) is 9.90. The van der Waals surface area contributed by atoms with Gasteiger partial charge in [0.15, 0.2) is 0 Å². The number of hydrogen-bond donors (Lipinski definition) is 0. The first-order chi connectivity index (χ1) is 34.3. The van der Waals surface area contributed by atoms with Gasteiger partial charge < -0.3 is 14.0 Å². The smallest absolute Gasteiger partial charge is 0.121 e. The largest absolute Gasteiger partial charge is 0.501 e. The minimum atomic E-state index is -1.65. The van der Waals surface area contributed by atoms with Crippen LogP contribution in [0.1, 0.15) is 103 Å². The molecule has 0 bridgehead atoms. The van der Waals surface area contributed by atoms with Gasteiger partial charge in [-0.2, -0.15) is 0 Å². The maximum atomic E-state index is 6.99. The average Bonchev–Trinajstić information content (AvgIpc) is 3.92. The van der Waals surface area contributed by atoms with Crippen molar-refractivity contribution >= 4 is 67.8 Å². The molecule has 73 heavy (non-hydrogen) atoms. The SMILES string of the molecule is CC(C)(C)c1ccc(-c2[c-]cccc2)nc1.CC(C)c1cc([Si](C)(C)C)cc(C(C)C)c1-n1c(-c2[c-]ccc3c2oc2cc4c(ccc5ccccc54)cc23)nc2cc(-c3ccccc3)c(C(C)(C)C)cc21.[Ir]. The Hall–Kier alpha value is -6.43. The van der Waals surface area contributed by atoms with Crippen LogP contribution < -0.4 is 5.19 Å². The Bertz CT molecular complexity index is 3760. The molecule has 0 fully saturated rings. The maximum Gasteiger partial charge on any atom is 0.121 e. The molecule has 0 atom stereocenters. The van der Waals surface area contributed by atoms with Gasteiger partial charge in [0, 0.05) is 37.4 Å². The first kappa shape index (κ1) is 51.5. The van der Waals surface area contributed by atoms with E-state index < -0.39 is 8.07 Å². The molecular weight excluding hydrogens is 1080 g/mol. The molecular formula is C67H67IrN3OSi-2. The molecule has 0 saturated heterocycles. The predicted octanol–water partition coefficient (Wildman–Crippen LogP) is 18.3. The van der Waals surface area contributed by atoms with Crippen LogP contribution in [0.3, 0.4) is 0 Å². The maximum absolute atomic E-state index is 6.99. The Kier molecular flexibility index (Phi) is 13.9. The van der Waals surface area contributed by atoms with Crippen molar-refractivity contribution in [1.82, 2.24) is 14.5 Å². The molecule has 8 aromatic carbocycles. The van der Waals surface area contributed by atoms with Crippen LogP contribution in [0.2, 0.25) is 19.6 Å². The second-order valence-corrected chi connectivity index (χ2v) is 28.4. The van der Waals surface area contributed by atoms with Crippen LogP contribution >= 0.6 is 0 Å². The van der Waals surface area contributed by atoms with Gasteiger partial charge >= 0.3 is 0 Å². The van der Waals surface area contributed by atoms with E-state index in [2.05, 4.69) is 238 Å². The summed E-state index contributed by atoms with van der Waals surface area (Å²) in [5, 5.41) is 8.53. The fourth-order valence-corrected chi connectivity index (χ4v) is 11.4. The fourth-order valence-electron chi connectivity index (χ4n) is 10.2. The quantitative estimate of drug-likeness (QED) is 0.0907. The van der Waals surface area contributed by atoms with Gasteiger partial charge in [-0.1, -0.05) is 196 Å². The molecule has 4 nitrogen and oxygen atoms in total. The molecule has 3 heterocycles. The number of nitrogens with zero attached hydrogens (tertiary/aromatic N) is 3. The summed E-state index contributed by atoms with van der Waals surface area (Å²) in [5.74, 6) is 1.44. The molecule has 11 aromatic rings.